The van der Waals surface area contributed by atoms with Crippen LogP contribution in [0, 0.1) is 10.8 Å². The van der Waals surface area contributed by atoms with Crippen LogP contribution in [0.2, 0.25) is 0 Å². The fraction of sp³-hybridized carbons (Fsp3) is 0.944. The minimum atomic E-state index is 0. The molecule has 3 N–H and O–H groups in total. The van der Waals surface area contributed by atoms with Crippen molar-refractivity contribution in [2.24, 2.45) is 16.6 Å². The lowest BCUT2D eigenvalue weighted by Gasteiger charge is -2.36. The minimum Gasteiger partial charge on any atom is -0.385 e. The molecule has 2 rings (SSSR count). The maximum Gasteiger partial charge on any atom is 0.220 e. The Kier molecular flexibility index (Phi) is 8.88. The minimum absolute atomic E-state index is 0. The predicted octanol–water partition coefficient (Wildman–Crippen LogP) is 3.42. The van der Waals surface area contributed by atoms with E-state index in [1.165, 1.54) is 44.9 Å². The maximum absolute atomic E-state index is 12.5. The molecule has 0 heterocycles. The van der Waals surface area contributed by atoms with Crippen molar-refractivity contribution in [3.05, 3.63) is 0 Å². The summed E-state index contributed by atoms with van der Waals surface area (Å²) >= 11 is 0. The van der Waals surface area contributed by atoms with Crippen molar-refractivity contribution < 1.29 is 9.53 Å². The Bertz CT molecular complexity index is 351. The first-order valence-corrected chi connectivity index (χ1v) is 9.09. The van der Waals surface area contributed by atoms with E-state index < -0.39 is 0 Å². The number of methoxy groups -OCH3 is 1. The Balaban J connectivity index is 0.00000264. The second-order valence-electron chi connectivity index (χ2n) is 7.67. The van der Waals surface area contributed by atoms with Gasteiger partial charge in [0.15, 0.2) is 0 Å². The smallest absolute Gasteiger partial charge is 0.220 e. The van der Waals surface area contributed by atoms with Crippen molar-refractivity contribution in [2.75, 3.05) is 26.8 Å². The van der Waals surface area contributed by atoms with E-state index in [1.54, 1.807) is 7.11 Å². The van der Waals surface area contributed by atoms with Crippen molar-refractivity contribution >= 4 is 18.3 Å². The topological polar surface area (TPSA) is 64.3 Å². The highest BCUT2D eigenvalue weighted by Crippen LogP contribution is 2.41. The molecule has 0 unspecified atom stereocenters. The standard InChI is InChI=1S/C18H34N2O2.ClH/c1-22-12-11-17(7-5-6-8-17)15-20-16(21)13-18(14-19)9-3-2-4-10-18;/h2-15,19H2,1H3,(H,20,21);1H. The van der Waals surface area contributed by atoms with E-state index in [-0.39, 0.29) is 29.1 Å². The van der Waals surface area contributed by atoms with E-state index in [9.17, 15) is 4.79 Å². The van der Waals surface area contributed by atoms with Crippen molar-refractivity contribution in [2.45, 2.75) is 70.6 Å². The van der Waals surface area contributed by atoms with Gasteiger partial charge in [0.2, 0.25) is 5.91 Å². The van der Waals surface area contributed by atoms with Gasteiger partial charge in [0.05, 0.1) is 0 Å². The highest BCUT2D eigenvalue weighted by atomic mass is 35.5. The zero-order valence-electron chi connectivity index (χ0n) is 14.7. The lowest BCUT2D eigenvalue weighted by Crippen LogP contribution is -2.42. The summed E-state index contributed by atoms with van der Waals surface area (Å²) in [7, 11) is 1.76. The summed E-state index contributed by atoms with van der Waals surface area (Å²) in [5, 5.41) is 3.23. The van der Waals surface area contributed by atoms with E-state index in [0.29, 0.717) is 13.0 Å². The lowest BCUT2D eigenvalue weighted by atomic mass is 9.71. The number of rotatable bonds is 8. The monoisotopic (exact) mass is 346 g/mol. The van der Waals surface area contributed by atoms with Crippen LogP contribution in [0.3, 0.4) is 0 Å². The zero-order chi connectivity index (χ0) is 15.9. The van der Waals surface area contributed by atoms with E-state index in [0.717, 1.165) is 32.4 Å². The second kappa shape index (κ2) is 9.85. The molecule has 136 valence electrons. The molecule has 0 bridgehead atoms. The van der Waals surface area contributed by atoms with Crippen molar-refractivity contribution in [3.8, 4) is 0 Å². The Morgan fingerprint density at radius 1 is 1.04 bits per heavy atom. The Hall–Kier alpha value is -0.320. The maximum atomic E-state index is 12.5. The van der Waals surface area contributed by atoms with Gasteiger partial charge in [0, 0.05) is 26.7 Å². The highest BCUT2D eigenvalue weighted by molar-refractivity contribution is 5.85. The lowest BCUT2D eigenvalue weighted by molar-refractivity contribution is -0.124. The van der Waals surface area contributed by atoms with Crippen LogP contribution in [0.5, 0.6) is 0 Å². The SMILES string of the molecule is COCCC1(CNC(=O)CC2(CN)CCCCC2)CCCC1.Cl. The molecule has 2 aliphatic rings. The zero-order valence-corrected chi connectivity index (χ0v) is 15.5. The third kappa shape index (κ3) is 5.91. The number of carbonyl (C=O) groups is 1. The van der Waals surface area contributed by atoms with Gasteiger partial charge in [0.1, 0.15) is 0 Å². The summed E-state index contributed by atoms with van der Waals surface area (Å²) in [6.45, 7) is 2.26. The van der Waals surface area contributed by atoms with Crippen LogP contribution in [0.4, 0.5) is 0 Å². The normalized spacial score (nSPS) is 22.3. The van der Waals surface area contributed by atoms with E-state index in [4.69, 9.17) is 10.5 Å². The number of hydrogen-bond acceptors (Lipinski definition) is 3. The number of amides is 1. The average Bonchev–Trinajstić information content (AvgIpc) is 3.01. The van der Waals surface area contributed by atoms with Gasteiger partial charge in [-0.3, -0.25) is 4.79 Å². The van der Waals surface area contributed by atoms with Crippen molar-refractivity contribution in [1.82, 2.24) is 5.32 Å². The molecule has 0 aromatic heterocycles. The fourth-order valence-corrected chi connectivity index (χ4v) is 4.40. The largest absolute Gasteiger partial charge is 0.385 e. The number of nitrogens with one attached hydrogen (secondary N) is 1. The molecule has 0 saturated heterocycles. The fourth-order valence-electron chi connectivity index (χ4n) is 4.40. The summed E-state index contributed by atoms with van der Waals surface area (Å²) in [4.78, 5) is 12.5. The molecule has 4 nitrogen and oxygen atoms in total. The molecule has 0 radical (unpaired) electrons. The van der Waals surface area contributed by atoms with Crippen LogP contribution in [0.15, 0.2) is 0 Å². The molecule has 0 spiro atoms. The van der Waals surface area contributed by atoms with Gasteiger partial charge in [-0.25, -0.2) is 0 Å². The van der Waals surface area contributed by atoms with Gasteiger partial charge < -0.3 is 15.8 Å². The van der Waals surface area contributed by atoms with Gasteiger partial charge >= 0.3 is 0 Å². The van der Waals surface area contributed by atoms with Crippen molar-refractivity contribution in [3.63, 3.8) is 0 Å². The van der Waals surface area contributed by atoms with Gasteiger partial charge in [-0.15, -0.1) is 12.4 Å². The molecule has 0 aromatic rings. The van der Waals surface area contributed by atoms with E-state index in [2.05, 4.69) is 5.32 Å². The highest BCUT2D eigenvalue weighted by Gasteiger charge is 2.36. The molecule has 0 aromatic carbocycles. The molecule has 2 saturated carbocycles. The van der Waals surface area contributed by atoms with E-state index in [1.807, 2.05) is 0 Å². The average molecular weight is 347 g/mol. The summed E-state index contributed by atoms with van der Waals surface area (Å²) in [5.41, 5.74) is 6.34. The number of halogens is 1. The van der Waals surface area contributed by atoms with Crippen LogP contribution in [-0.4, -0.2) is 32.7 Å². The van der Waals surface area contributed by atoms with E-state index >= 15 is 0 Å². The molecule has 2 fully saturated rings. The Labute approximate surface area is 147 Å². The number of nitrogens with two attached hydrogens (primary N) is 1. The van der Waals surface area contributed by atoms with Gasteiger partial charge in [-0.2, -0.15) is 0 Å². The second-order valence-corrected chi connectivity index (χ2v) is 7.67. The predicted molar refractivity (Wildman–Crippen MR) is 96.8 cm³/mol. The molecule has 5 heteroatoms. The first-order chi connectivity index (χ1) is 10.6. The summed E-state index contributed by atoms with van der Waals surface area (Å²) in [5.74, 6) is 0.205. The van der Waals surface area contributed by atoms with Crippen LogP contribution in [0.1, 0.15) is 70.6 Å². The molecule has 0 aliphatic heterocycles. The molecule has 0 atom stereocenters. The first kappa shape index (κ1) is 20.7. The molecule has 1 amide bonds. The van der Waals surface area contributed by atoms with Crippen molar-refractivity contribution in [1.29, 1.82) is 0 Å². The third-order valence-corrected chi connectivity index (χ3v) is 6.04. The Morgan fingerprint density at radius 2 is 1.61 bits per heavy atom. The molecular weight excluding hydrogens is 312 g/mol. The quantitative estimate of drug-likeness (QED) is 0.707. The summed E-state index contributed by atoms with van der Waals surface area (Å²) < 4.78 is 5.26. The van der Waals surface area contributed by atoms with Crippen LogP contribution in [0.25, 0.3) is 0 Å². The number of hydrogen-bond donors (Lipinski definition) is 2. The molecule has 23 heavy (non-hydrogen) atoms. The molecule has 2 aliphatic carbocycles. The number of carbonyl (C=O) groups excluding carboxylic acids is 1. The first-order valence-electron chi connectivity index (χ1n) is 9.09. The summed E-state index contributed by atoms with van der Waals surface area (Å²) in [6, 6.07) is 0. The third-order valence-electron chi connectivity index (χ3n) is 6.04. The Morgan fingerprint density at radius 3 is 2.17 bits per heavy atom. The number of ether oxygens (including phenoxy) is 1. The van der Waals surface area contributed by atoms with Gasteiger partial charge in [0.25, 0.3) is 0 Å². The van der Waals surface area contributed by atoms with Gasteiger partial charge in [-0.05, 0) is 49.5 Å². The van der Waals surface area contributed by atoms with Crippen LogP contribution >= 0.6 is 12.4 Å². The molecular formula is C18H35ClN2O2. The van der Waals surface area contributed by atoms with Crippen LogP contribution < -0.4 is 11.1 Å². The van der Waals surface area contributed by atoms with Gasteiger partial charge in [-0.1, -0.05) is 32.1 Å². The summed E-state index contributed by atoms with van der Waals surface area (Å²) in [6.07, 6.45) is 12.7. The van der Waals surface area contributed by atoms with Crippen LogP contribution in [-0.2, 0) is 9.53 Å².